The van der Waals surface area contributed by atoms with Gasteiger partial charge in [-0.1, -0.05) is 35.2 Å². The van der Waals surface area contributed by atoms with E-state index in [1.165, 1.54) is 5.56 Å². The van der Waals surface area contributed by atoms with Crippen LogP contribution in [0.2, 0.25) is 0 Å². The highest BCUT2D eigenvalue weighted by molar-refractivity contribution is 5.26. The minimum absolute atomic E-state index is 0.104. The Morgan fingerprint density at radius 2 is 1.78 bits per heavy atom. The van der Waals surface area contributed by atoms with Gasteiger partial charge in [0.2, 0.25) is 0 Å². The molecule has 1 aromatic carbocycles. The monoisotopic (exact) mass is 246 g/mol. The van der Waals surface area contributed by atoms with E-state index < -0.39 is 0 Å². The lowest BCUT2D eigenvalue weighted by molar-refractivity contribution is -0.00507. The largest absolute Gasteiger partial charge is 0.374 e. The Morgan fingerprint density at radius 1 is 1.17 bits per heavy atom. The van der Waals surface area contributed by atoms with Gasteiger partial charge >= 0.3 is 0 Å². The van der Waals surface area contributed by atoms with Crippen LogP contribution in [0.25, 0.3) is 4.85 Å². The highest BCUT2D eigenvalue weighted by atomic mass is 16.5. The molecule has 0 saturated heterocycles. The molecule has 1 rings (SSSR count). The first-order valence-corrected chi connectivity index (χ1v) is 6.53. The van der Waals surface area contributed by atoms with Gasteiger partial charge in [0.25, 0.3) is 12.1 Å². The van der Waals surface area contributed by atoms with Gasteiger partial charge in [0.05, 0.1) is 12.2 Å². The topological polar surface area (TPSA) is 13.6 Å². The zero-order valence-corrected chi connectivity index (χ0v) is 12.1. The Balaban J connectivity index is 2.81. The van der Waals surface area contributed by atoms with Crippen molar-refractivity contribution in [2.24, 2.45) is 0 Å². The van der Waals surface area contributed by atoms with Crippen LogP contribution < -0.4 is 0 Å². The second kappa shape index (κ2) is 6.56. The summed E-state index contributed by atoms with van der Waals surface area (Å²) >= 11 is 0. The van der Waals surface area contributed by atoms with Crippen molar-refractivity contribution in [1.29, 1.82) is 0 Å². The maximum Gasteiger partial charge on any atom is 0.283 e. The quantitative estimate of drug-likeness (QED) is 0.774. The molecule has 0 fully saturated rings. The van der Waals surface area contributed by atoms with Gasteiger partial charge in [-0.3, -0.25) is 0 Å². The Morgan fingerprint density at radius 3 is 2.28 bits per heavy atom. The number of ether oxygens (including phenoxy) is 1. The molecule has 0 heterocycles. The molecule has 0 radical (unpaired) electrons. The predicted molar refractivity (Wildman–Crippen MR) is 77.3 cm³/mol. The molecule has 0 N–H and O–H groups in total. The van der Waals surface area contributed by atoms with Gasteiger partial charge in [-0.2, -0.15) is 0 Å². The van der Waals surface area contributed by atoms with E-state index in [0.29, 0.717) is 6.61 Å². The fourth-order valence-corrected chi connectivity index (χ4v) is 1.47. The first-order valence-electron chi connectivity index (χ1n) is 6.53. The van der Waals surface area contributed by atoms with E-state index in [4.69, 9.17) is 4.74 Å². The summed E-state index contributed by atoms with van der Waals surface area (Å²) in [5, 5.41) is 0. The molecule has 0 bridgehead atoms. The molecule has 1 aromatic rings. The number of hydrogen-bond donors (Lipinski definition) is 0. The minimum Gasteiger partial charge on any atom is -0.374 e. The number of nitrogens with zero attached hydrogens (tertiary/aromatic N) is 1. The van der Waals surface area contributed by atoms with E-state index in [2.05, 4.69) is 57.7 Å². The molecule has 0 aliphatic rings. The van der Waals surface area contributed by atoms with E-state index in [1.807, 2.05) is 18.2 Å². The fraction of sp³-hybridized carbons (Fsp3) is 0.562. The van der Waals surface area contributed by atoms with Crippen molar-refractivity contribution in [2.45, 2.75) is 52.2 Å². The van der Waals surface area contributed by atoms with Crippen LogP contribution in [0.5, 0.6) is 0 Å². The number of rotatable bonds is 3. The summed E-state index contributed by atoms with van der Waals surface area (Å²) in [5.41, 5.74) is 1.07. The van der Waals surface area contributed by atoms with Gasteiger partial charge in [0.1, 0.15) is 5.92 Å². The molecule has 0 aromatic heterocycles. The van der Waals surface area contributed by atoms with E-state index in [1.54, 1.807) is 0 Å². The average Bonchev–Trinajstić information content (AvgIpc) is 2.28. The van der Waals surface area contributed by atoms with Crippen LogP contribution in [0, 0.1) is 6.07 Å². The van der Waals surface area contributed by atoms with Gasteiger partial charge in [-0.25, -0.2) is 0 Å². The molecule has 2 nitrogen and oxygen atoms in total. The maximum atomic E-state index is 5.86. The first-order chi connectivity index (χ1) is 8.38. The van der Waals surface area contributed by atoms with Crippen molar-refractivity contribution in [2.75, 3.05) is 6.61 Å². The Bertz CT molecular complexity index is 406. The molecule has 18 heavy (non-hydrogen) atoms. The van der Waals surface area contributed by atoms with E-state index in [0.717, 1.165) is 0 Å². The van der Waals surface area contributed by atoms with Crippen LogP contribution in [0.3, 0.4) is 0 Å². The maximum absolute atomic E-state index is 5.86. The highest BCUT2D eigenvalue weighted by Crippen LogP contribution is 2.19. The smallest absolute Gasteiger partial charge is 0.283 e. The molecule has 0 spiro atoms. The molecule has 2 heteroatoms. The molecule has 0 saturated carbocycles. The third-order valence-corrected chi connectivity index (χ3v) is 2.37. The van der Waals surface area contributed by atoms with Crippen LogP contribution in [0.1, 0.15) is 46.1 Å². The highest BCUT2D eigenvalue weighted by Gasteiger charge is 2.19. The Kier molecular flexibility index (Phi) is 5.37. The van der Waals surface area contributed by atoms with Crippen molar-refractivity contribution in [3.63, 3.8) is 0 Å². The zero-order valence-electron chi connectivity index (χ0n) is 12.1. The van der Waals surface area contributed by atoms with Gasteiger partial charge < -0.3 is 4.74 Å². The lowest BCUT2D eigenvalue weighted by atomic mass is 10.0. The normalized spacial score (nSPS) is 13.0. The Hall–Kier alpha value is -1.33. The zero-order chi connectivity index (χ0) is 13.6. The van der Waals surface area contributed by atoms with Crippen LogP contribution in [0.4, 0.5) is 0 Å². The summed E-state index contributed by atoms with van der Waals surface area (Å²) in [5.74, 6) is 0.104. The second-order valence-corrected chi connectivity index (χ2v) is 5.74. The molecule has 0 aliphatic carbocycles. The summed E-state index contributed by atoms with van der Waals surface area (Å²) in [4.78, 5) is 4.37. The third-order valence-electron chi connectivity index (χ3n) is 2.37. The van der Waals surface area contributed by atoms with Crippen molar-refractivity contribution in [1.82, 2.24) is 0 Å². The molecule has 1 unspecified atom stereocenters. The summed E-state index contributed by atoms with van der Waals surface area (Å²) in [7, 11) is 0. The van der Waals surface area contributed by atoms with Crippen molar-refractivity contribution in [3.05, 3.63) is 40.7 Å². The van der Waals surface area contributed by atoms with Crippen molar-refractivity contribution in [3.8, 4) is 6.07 Å². The summed E-state index contributed by atoms with van der Waals surface area (Å²) < 4.78 is 5.86. The molecule has 0 amide bonds. The summed E-state index contributed by atoms with van der Waals surface area (Å²) in [6, 6.07) is 13.8. The number of hydrogen-bond acceptors (Lipinski definition) is 1. The van der Waals surface area contributed by atoms with Gasteiger partial charge in [-0.15, -0.1) is 0 Å². The standard InChI is InChI=1S/C16H24NO/c1-13(2)17-11-15(12-18-16(3,4)5)14-9-7-6-8-10-14/h6-10,13,15H,12H2,1-5H3/q+1. The molecular formula is C16H24NO+. The first kappa shape index (κ1) is 14.7. The SMILES string of the molecule is CC(C)[N+]#CC(COC(C)(C)C)c1ccccc1. The molecular weight excluding hydrogens is 222 g/mol. The van der Waals surface area contributed by atoms with E-state index >= 15 is 0 Å². The second-order valence-electron chi connectivity index (χ2n) is 5.74. The fourth-order valence-electron chi connectivity index (χ4n) is 1.47. The molecule has 98 valence electrons. The predicted octanol–water partition coefficient (Wildman–Crippen LogP) is 4.33. The van der Waals surface area contributed by atoms with Gasteiger partial charge in [0, 0.05) is 13.8 Å². The van der Waals surface area contributed by atoms with E-state index in [9.17, 15) is 0 Å². The summed E-state index contributed by atoms with van der Waals surface area (Å²) in [6.45, 7) is 10.9. The molecule has 0 aliphatic heterocycles. The Labute approximate surface area is 111 Å². The van der Waals surface area contributed by atoms with Crippen LogP contribution >= 0.6 is 0 Å². The minimum atomic E-state index is -0.132. The van der Waals surface area contributed by atoms with E-state index in [-0.39, 0.29) is 17.6 Å². The van der Waals surface area contributed by atoms with Crippen LogP contribution in [-0.4, -0.2) is 18.2 Å². The molecule has 1 atom stereocenters. The average molecular weight is 246 g/mol. The van der Waals surface area contributed by atoms with Crippen molar-refractivity contribution >= 4 is 0 Å². The third kappa shape index (κ3) is 5.84. The summed E-state index contributed by atoms with van der Waals surface area (Å²) in [6.07, 6.45) is 0. The van der Waals surface area contributed by atoms with Gasteiger partial charge in [0.15, 0.2) is 0 Å². The van der Waals surface area contributed by atoms with Gasteiger partial charge in [-0.05, 0) is 26.3 Å². The lowest BCUT2D eigenvalue weighted by Gasteiger charge is -2.20. The lowest BCUT2D eigenvalue weighted by Crippen LogP contribution is -2.22. The van der Waals surface area contributed by atoms with Crippen molar-refractivity contribution < 1.29 is 4.74 Å². The van der Waals surface area contributed by atoms with Crippen LogP contribution in [-0.2, 0) is 4.74 Å². The van der Waals surface area contributed by atoms with Crippen LogP contribution in [0.15, 0.2) is 30.3 Å². The number of benzene rings is 1.